The van der Waals surface area contributed by atoms with Gasteiger partial charge in [-0.25, -0.2) is 8.42 Å². The molecular weight excluding hydrogens is 318 g/mol. The number of nitrogens with zero attached hydrogens (tertiary/aromatic N) is 1. The van der Waals surface area contributed by atoms with Crippen molar-refractivity contribution < 1.29 is 13.2 Å². The summed E-state index contributed by atoms with van der Waals surface area (Å²) < 4.78 is 23.7. The molecule has 4 nitrogen and oxygen atoms in total. The first-order chi connectivity index (χ1) is 8.49. The Balaban J connectivity index is 2.17. The molecular formula is C12H14BrNO3S. The Labute approximate surface area is 115 Å². The molecule has 0 saturated carbocycles. The highest BCUT2D eigenvalue weighted by Gasteiger charge is 2.24. The Bertz CT molecular complexity index is 556. The summed E-state index contributed by atoms with van der Waals surface area (Å²) in [6.45, 7) is 0.780. The minimum absolute atomic E-state index is 0.0587. The van der Waals surface area contributed by atoms with E-state index >= 15 is 0 Å². The summed E-state index contributed by atoms with van der Waals surface area (Å²) in [5.41, 5.74) is 0.580. The van der Waals surface area contributed by atoms with Gasteiger partial charge in [0, 0.05) is 17.6 Å². The summed E-state index contributed by atoms with van der Waals surface area (Å²) in [5.74, 6) is 0.121. The second kappa shape index (κ2) is 5.40. The van der Waals surface area contributed by atoms with Gasteiger partial charge < -0.3 is 4.90 Å². The summed E-state index contributed by atoms with van der Waals surface area (Å²) in [6, 6.07) is 7.19. The summed E-state index contributed by atoms with van der Waals surface area (Å²) in [4.78, 5) is 13.9. The van der Waals surface area contributed by atoms with Gasteiger partial charge in [-0.3, -0.25) is 4.79 Å². The molecule has 1 amide bonds. The molecule has 1 aromatic rings. The lowest BCUT2D eigenvalue weighted by Gasteiger charge is -2.20. The quantitative estimate of drug-likeness (QED) is 0.787. The number of hydrogen-bond acceptors (Lipinski definition) is 3. The largest absolute Gasteiger partial charge is 0.338 e. The standard InChI is InChI=1S/C12H14BrNO3S/c13-11-5-2-1-4-10(11)12(15)14-6-3-8-18(16,17)9-7-14/h1-2,4-5H,3,6-9H2. The summed E-state index contributed by atoms with van der Waals surface area (Å²) >= 11 is 3.34. The van der Waals surface area contributed by atoms with Crippen molar-refractivity contribution in [3.05, 3.63) is 34.3 Å². The fourth-order valence-corrected chi connectivity index (χ4v) is 3.67. The van der Waals surface area contributed by atoms with Crippen LogP contribution in [0.2, 0.25) is 0 Å². The van der Waals surface area contributed by atoms with E-state index in [1.165, 1.54) is 0 Å². The van der Waals surface area contributed by atoms with Crippen molar-refractivity contribution in [3.63, 3.8) is 0 Å². The topological polar surface area (TPSA) is 54.5 Å². The van der Waals surface area contributed by atoms with E-state index in [0.29, 0.717) is 18.5 Å². The monoisotopic (exact) mass is 331 g/mol. The number of hydrogen-bond donors (Lipinski definition) is 0. The van der Waals surface area contributed by atoms with Crippen LogP contribution in [0.5, 0.6) is 0 Å². The Hall–Kier alpha value is -0.880. The van der Waals surface area contributed by atoms with E-state index in [2.05, 4.69) is 15.9 Å². The number of carbonyl (C=O) groups excluding carboxylic acids is 1. The average Bonchev–Trinajstić information content (AvgIpc) is 2.50. The minimum atomic E-state index is -2.98. The number of sulfone groups is 1. The van der Waals surface area contributed by atoms with Gasteiger partial charge in [0.15, 0.2) is 9.84 Å². The Morgan fingerprint density at radius 2 is 1.89 bits per heavy atom. The van der Waals surface area contributed by atoms with Crippen molar-refractivity contribution in [1.82, 2.24) is 4.90 Å². The van der Waals surface area contributed by atoms with Crippen LogP contribution in [0.1, 0.15) is 16.8 Å². The van der Waals surface area contributed by atoms with Crippen LogP contribution in [0.4, 0.5) is 0 Å². The highest BCUT2D eigenvalue weighted by atomic mass is 79.9. The SMILES string of the molecule is O=C(c1ccccc1Br)N1CCCS(=O)(=O)CC1. The van der Waals surface area contributed by atoms with Crippen LogP contribution in [-0.4, -0.2) is 43.8 Å². The van der Waals surface area contributed by atoms with E-state index in [0.717, 1.165) is 4.47 Å². The van der Waals surface area contributed by atoms with Crippen LogP contribution >= 0.6 is 15.9 Å². The molecule has 0 unspecified atom stereocenters. The predicted molar refractivity (Wildman–Crippen MR) is 73.3 cm³/mol. The van der Waals surface area contributed by atoms with E-state index in [1.807, 2.05) is 12.1 Å². The van der Waals surface area contributed by atoms with E-state index in [9.17, 15) is 13.2 Å². The number of halogens is 1. The third-order valence-electron chi connectivity index (χ3n) is 2.95. The second-order valence-electron chi connectivity index (χ2n) is 4.28. The number of carbonyl (C=O) groups is 1. The van der Waals surface area contributed by atoms with E-state index in [4.69, 9.17) is 0 Å². The maximum atomic E-state index is 12.3. The van der Waals surface area contributed by atoms with Gasteiger partial charge in [0.1, 0.15) is 0 Å². The molecule has 2 rings (SSSR count). The van der Waals surface area contributed by atoms with Gasteiger partial charge in [0.05, 0.1) is 17.1 Å². The average molecular weight is 332 g/mol. The Morgan fingerprint density at radius 3 is 2.61 bits per heavy atom. The molecule has 18 heavy (non-hydrogen) atoms. The summed E-state index contributed by atoms with van der Waals surface area (Å²) in [7, 11) is -2.98. The fourth-order valence-electron chi connectivity index (χ4n) is 1.95. The third-order valence-corrected chi connectivity index (χ3v) is 5.35. The van der Waals surface area contributed by atoms with Crippen LogP contribution in [0.3, 0.4) is 0 Å². The van der Waals surface area contributed by atoms with Crippen molar-refractivity contribution in [2.24, 2.45) is 0 Å². The predicted octanol–water partition coefficient (Wildman–Crippen LogP) is 1.71. The first-order valence-corrected chi connectivity index (χ1v) is 8.35. The van der Waals surface area contributed by atoms with Crippen LogP contribution < -0.4 is 0 Å². The molecule has 98 valence electrons. The zero-order valence-electron chi connectivity index (χ0n) is 9.80. The van der Waals surface area contributed by atoms with E-state index in [-0.39, 0.29) is 24.0 Å². The molecule has 1 saturated heterocycles. The zero-order valence-corrected chi connectivity index (χ0v) is 12.2. The third kappa shape index (κ3) is 3.11. The number of benzene rings is 1. The molecule has 0 aliphatic carbocycles. The Morgan fingerprint density at radius 1 is 1.17 bits per heavy atom. The molecule has 1 aromatic carbocycles. The van der Waals surface area contributed by atoms with Crippen LogP contribution in [0.15, 0.2) is 28.7 Å². The van der Waals surface area contributed by atoms with Gasteiger partial charge >= 0.3 is 0 Å². The summed E-state index contributed by atoms with van der Waals surface area (Å²) in [5, 5.41) is 0. The number of rotatable bonds is 1. The molecule has 1 fully saturated rings. The summed E-state index contributed by atoms with van der Waals surface area (Å²) in [6.07, 6.45) is 0.512. The lowest BCUT2D eigenvalue weighted by molar-refractivity contribution is 0.0767. The van der Waals surface area contributed by atoms with Crippen LogP contribution in [0, 0.1) is 0 Å². The van der Waals surface area contributed by atoms with Gasteiger partial charge in [0.25, 0.3) is 5.91 Å². The van der Waals surface area contributed by atoms with Gasteiger partial charge in [-0.05, 0) is 34.5 Å². The van der Waals surface area contributed by atoms with Gasteiger partial charge in [-0.2, -0.15) is 0 Å². The normalized spacial score (nSPS) is 19.3. The van der Waals surface area contributed by atoms with Crippen molar-refractivity contribution in [2.45, 2.75) is 6.42 Å². The molecule has 0 spiro atoms. The van der Waals surface area contributed by atoms with E-state index < -0.39 is 9.84 Å². The van der Waals surface area contributed by atoms with Crippen molar-refractivity contribution in [3.8, 4) is 0 Å². The van der Waals surface area contributed by atoms with E-state index in [1.54, 1.807) is 17.0 Å². The Kier molecular flexibility index (Phi) is 4.07. The highest BCUT2D eigenvalue weighted by molar-refractivity contribution is 9.10. The highest BCUT2D eigenvalue weighted by Crippen LogP contribution is 2.19. The van der Waals surface area contributed by atoms with Crippen molar-refractivity contribution >= 4 is 31.7 Å². The smallest absolute Gasteiger partial charge is 0.255 e. The van der Waals surface area contributed by atoms with Crippen molar-refractivity contribution in [1.29, 1.82) is 0 Å². The van der Waals surface area contributed by atoms with Crippen LogP contribution in [-0.2, 0) is 9.84 Å². The number of amides is 1. The van der Waals surface area contributed by atoms with Gasteiger partial charge in [-0.15, -0.1) is 0 Å². The second-order valence-corrected chi connectivity index (χ2v) is 7.44. The fraction of sp³-hybridized carbons (Fsp3) is 0.417. The lowest BCUT2D eigenvalue weighted by Crippen LogP contribution is -2.33. The van der Waals surface area contributed by atoms with Gasteiger partial charge in [-0.1, -0.05) is 12.1 Å². The van der Waals surface area contributed by atoms with Crippen LogP contribution in [0.25, 0.3) is 0 Å². The zero-order chi connectivity index (χ0) is 13.2. The first kappa shape index (κ1) is 13.5. The molecule has 0 bridgehead atoms. The lowest BCUT2D eigenvalue weighted by atomic mass is 10.2. The first-order valence-electron chi connectivity index (χ1n) is 5.74. The molecule has 0 aromatic heterocycles. The van der Waals surface area contributed by atoms with Crippen molar-refractivity contribution in [2.75, 3.05) is 24.6 Å². The maximum absolute atomic E-state index is 12.3. The maximum Gasteiger partial charge on any atom is 0.255 e. The molecule has 1 heterocycles. The molecule has 1 aliphatic heterocycles. The van der Waals surface area contributed by atoms with Gasteiger partial charge in [0.2, 0.25) is 0 Å². The molecule has 6 heteroatoms. The molecule has 1 aliphatic rings. The minimum Gasteiger partial charge on any atom is -0.338 e. The molecule has 0 atom stereocenters. The molecule has 0 N–H and O–H groups in total. The molecule has 0 radical (unpaired) electrons.